The van der Waals surface area contributed by atoms with Gasteiger partial charge in [0.2, 0.25) is 0 Å². The molecule has 3 amide bonds. The smallest absolute Gasteiger partial charge is 0.322 e. The topological polar surface area (TPSA) is 92.5 Å². The summed E-state index contributed by atoms with van der Waals surface area (Å²) in [6.45, 7) is 5.44. The Bertz CT molecular complexity index is 418. The third-order valence-electron chi connectivity index (χ3n) is 3.50. The van der Waals surface area contributed by atoms with Gasteiger partial charge in [0.1, 0.15) is 17.7 Å². The maximum absolute atomic E-state index is 11.9. The Morgan fingerprint density at radius 3 is 2.53 bits per heavy atom. The molecule has 4 unspecified atom stereocenters. The Morgan fingerprint density at radius 2 is 2.05 bits per heavy atom. The van der Waals surface area contributed by atoms with E-state index in [0.717, 1.165) is 0 Å². The number of epoxide rings is 2. The van der Waals surface area contributed by atoms with Crippen molar-refractivity contribution in [3.63, 3.8) is 0 Å². The molecule has 0 radical (unpaired) electrons. The first-order valence-electron chi connectivity index (χ1n) is 6.25. The summed E-state index contributed by atoms with van der Waals surface area (Å²) < 4.78 is 16.2. The van der Waals surface area contributed by atoms with Crippen LogP contribution in [0.4, 0.5) is 4.79 Å². The number of carbonyl (C=O) groups is 2. The summed E-state index contributed by atoms with van der Waals surface area (Å²) >= 11 is 0. The number of rotatable bonds is 7. The van der Waals surface area contributed by atoms with Crippen LogP contribution in [0.25, 0.3) is 0 Å². The molecule has 7 nitrogen and oxygen atoms in total. The Kier molecular flexibility index (Phi) is 3.04. The summed E-state index contributed by atoms with van der Waals surface area (Å²) in [5.41, 5.74) is -0.955. The van der Waals surface area contributed by atoms with E-state index >= 15 is 0 Å². The van der Waals surface area contributed by atoms with Gasteiger partial charge in [-0.05, 0) is 0 Å². The van der Waals surface area contributed by atoms with Gasteiger partial charge < -0.3 is 19.5 Å². The summed E-state index contributed by atoms with van der Waals surface area (Å²) in [4.78, 5) is 23.1. The molecule has 7 heteroatoms. The van der Waals surface area contributed by atoms with Crippen LogP contribution in [0, 0.1) is 0 Å². The summed E-state index contributed by atoms with van der Waals surface area (Å²) in [6, 6.07) is -1.29. The number of carbonyl (C=O) groups excluding carboxylic acids is 2. The molecule has 104 valence electrons. The second-order valence-corrected chi connectivity index (χ2v) is 4.98. The van der Waals surface area contributed by atoms with E-state index in [9.17, 15) is 9.59 Å². The van der Waals surface area contributed by atoms with E-state index in [1.54, 1.807) is 6.08 Å². The molecule has 0 aliphatic carbocycles. The van der Waals surface area contributed by atoms with E-state index in [1.165, 1.54) is 0 Å². The lowest BCUT2D eigenvalue weighted by molar-refractivity contribution is -0.128. The van der Waals surface area contributed by atoms with Gasteiger partial charge in [0.25, 0.3) is 5.91 Å². The van der Waals surface area contributed by atoms with E-state index in [2.05, 4.69) is 17.2 Å². The molecule has 3 aliphatic rings. The molecule has 3 saturated heterocycles. The molecule has 0 bridgehead atoms. The Labute approximate surface area is 110 Å². The van der Waals surface area contributed by atoms with Gasteiger partial charge in [-0.3, -0.25) is 10.1 Å². The molecule has 3 fully saturated rings. The fourth-order valence-electron chi connectivity index (χ4n) is 2.24. The molecule has 0 saturated carbocycles. The number of amides is 3. The first-order chi connectivity index (χ1) is 9.13. The van der Waals surface area contributed by atoms with Crippen LogP contribution in [-0.2, 0) is 19.0 Å². The number of ether oxygens (including phenoxy) is 3. The van der Waals surface area contributed by atoms with Crippen LogP contribution in [0.5, 0.6) is 0 Å². The van der Waals surface area contributed by atoms with Crippen molar-refractivity contribution in [1.82, 2.24) is 10.6 Å². The third kappa shape index (κ3) is 2.63. The van der Waals surface area contributed by atoms with Crippen molar-refractivity contribution in [2.75, 3.05) is 19.8 Å². The van der Waals surface area contributed by atoms with Crippen LogP contribution in [0.15, 0.2) is 12.7 Å². The van der Waals surface area contributed by atoms with E-state index < -0.39 is 23.6 Å². The number of imide groups is 1. The van der Waals surface area contributed by atoms with Crippen LogP contribution >= 0.6 is 0 Å². The van der Waals surface area contributed by atoms with Crippen LogP contribution in [0.3, 0.4) is 0 Å². The van der Waals surface area contributed by atoms with Gasteiger partial charge in [-0.15, -0.1) is 6.58 Å². The van der Waals surface area contributed by atoms with Crippen molar-refractivity contribution < 1.29 is 23.8 Å². The first-order valence-corrected chi connectivity index (χ1v) is 6.25. The summed E-state index contributed by atoms with van der Waals surface area (Å²) in [5, 5.41) is 4.80. The van der Waals surface area contributed by atoms with Crippen molar-refractivity contribution in [2.45, 2.75) is 30.3 Å². The Balaban J connectivity index is 1.77. The van der Waals surface area contributed by atoms with Gasteiger partial charge in [0, 0.05) is 6.42 Å². The minimum absolute atomic E-state index is 0.0448. The summed E-state index contributed by atoms with van der Waals surface area (Å²) in [6.07, 6.45) is 2.18. The largest absolute Gasteiger partial charge is 0.373 e. The normalized spacial score (nSPS) is 35.3. The fraction of sp³-hybridized carbons (Fsp3) is 0.667. The molecule has 3 aliphatic heterocycles. The lowest BCUT2D eigenvalue weighted by atomic mass is 9.88. The standard InChI is InChI=1S/C12H16N2O5/c1-2-12(3-7-4-17-7,19-6-8-5-18-8)9-10(15)14-11(16)13-9/h2,7-9H,1,3-6H2,(H2,13,14,15,16). The minimum atomic E-state index is -0.955. The average molecular weight is 268 g/mol. The van der Waals surface area contributed by atoms with E-state index in [-0.39, 0.29) is 12.2 Å². The van der Waals surface area contributed by atoms with Gasteiger partial charge >= 0.3 is 6.03 Å². The number of hydrogen-bond acceptors (Lipinski definition) is 5. The maximum Gasteiger partial charge on any atom is 0.322 e. The predicted octanol–water partition coefficient (Wildman–Crippen LogP) is -0.676. The second kappa shape index (κ2) is 4.59. The van der Waals surface area contributed by atoms with Crippen molar-refractivity contribution in [3.05, 3.63) is 12.7 Å². The average Bonchev–Trinajstić information content (AvgIpc) is 3.27. The third-order valence-corrected chi connectivity index (χ3v) is 3.50. The molecular weight excluding hydrogens is 252 g/mol. The zero-order valence-corrected chi connectivity index (χ0v) is 10.4. The first kappa shape index (κ1) is 12.6. The highest BCUT2D eigenvalue weighted by molar-refractivity contribution is 6.05. The van der Waals surface area contributed by atoms with E-state index in [0.29, 0.717) is 26.2 Å². The SMILES string of the molecule is C=CC(CC1CO1)(OCC1CO1)C1NC(=O)NC1=O. The summed E-state index contributed by atoms with van der Waals surface area (Å²) in [5.74, 6) is -0.401. The van der Waals surface area contributed by atoms with Crippen LogP contribution < -0.4 is 10.6 Å². The molecule has 2 N–H and O–H groups in total. The number of nitrogens with one attached hydrogen (secondary N) is 2. The zero-order valence-electron chi connectivity index (χ0n) is 10.4. The zero-order chi connectivity index (χ0) is 13.5. The predicted molar refractivity (Wildman–Crippen MR) is 63.4 cm³/mol. The van der Waals surface area contributed by atoms with Gasteiger partial charge in [-0.25, -0.2) is 4.79 Å². The maximum atomic E-state index is 11.9. The van der Waals surface area contributed by atoms with Gasteiger partial charge in [-0.1, -0.05) is 6.08 Å². The number of hydrogen-bond donors (Lipinski definition) is 2. The lowest BCUT2D eigenvalue weighted by Gasteiger charge is -2.34. The molecule has 4 atom stereocenters. The highest BCUT2D eigenvalue weighted by Gasteiger charge is 2.50. The molecule has 0 aromatic rings. The van der Waals surface area contributed by atoms with Crippen molar-refractivity contribution in [2.24, 2.45) is 0 Å². The van der Waals surface area contributed by atoms with Crippen molar-refractivity contribution in [1.29, 1.82) is 0 Å². The molecule has 3 rings (SSSR count). The van der Waals surface area contributed by atoms with E-state index in [4.69, 9.17) is 14.2 Å². The van der Waals surface area contributed by atoms with Gasteiger partial charge in [-0.2, -0.15) is 0 Å². The molecule has 0 aromatic carbocycles. The molecule has 0 aromatic heterocycles. The molecule has 3 heterocycles. The highest BCUT2D eigenvalue weighted by atomic mass is 16.6. The Hall–Kier alpha value is -1.44. The van der Waals surface area contributed by atoms with Gasteiger partial charge in [0.15, 0.2) is 0 Å². The van der Waals surface area contributed by atoms with Crippen LogP contribution in [0.2, 0.25) is 0 Å². The van der Waals surface area contributed by atoms with Crippen LogP contribution in [-0.4, -0.2) is 55.6 Å². The fourth-order valence-corrected chi connectivity index (χ4v) is 2.24. The monoisotopic (exact) mass is 268 g/mol. The molecule has 19 heavy (non-hydrogen) atoms. The second-order valence-electron chi connectivity index (χ2n) is 4.98. The highest BCUT2D eigenvalue weighted by Crippen LogP contribution is 2.32. The minimum Gasteiger partial charge on any atom is -0.373 e. The quantitative estimate of drug-likeness (QED) is 0.363. The van der Waals surface area contributed by atoms with Gasteiger partial charge in [0.05, 0.1) is 25.9 Å². The molecular formula is C12H16N2O5. The van der Waals surface area contributed by atoms with Crippen molar-refractivity contribution >= 4 is 11.9 Å². The lowest BCUT2D eigenvalue weighted by Crippen LogP contribution is -2.53. The van der Waals surface area contributed by atoms with Crippen molar-refractivity contribution in [3.8, 4) is 0 Å². The molecule has 0 spiro atoms. The Morgan fingerprint density at radius 1 is 1.37 bits per heavy atom. The van der Waals surface area contributed by atoms with Crippen LogP contribution in [0.1, 0.15) is 6.42 Å². The number of urea groups is 1. The summed E-state index contributed by atoms with van der Waals surface area (Å²) in [7, 11) is 0. The van der Waals surface area contributed by atoms with E-state index in [1.807, 2.05) is 0 Å².